The van der Waals surface area contributed by atoms with Crippen molar-refractivity contribution in [1.82, 2.24) is 4.98 Å². The van der Waals surface area contributed by atoms with Crippen LogP contribution < -0.4 is 9.64 Å². The Balaban J connectivity index is 1.64. The predicted octanol–water partition coefficient (Wildman–Crippen LogP) is 9.32. The quantitative estimate of drug-likeness (QED) is 0.263. The van der Waals surface area contributed by atoms with Crippen molar-refractivity contribution in [2.24, 2.45) is 0 Å². The van der Waals surface area contributed by atoms with Gasteiger partial charge in [0.1, 0.15) is 0 Å². The van der Waals surface area contributed by atoms with Gasteiger partial charge in [-0.15, -0.1) is 0 Å². The molecule has 0 saturated carbocycles. The van der Waals surface area contributed by atoms with Crippen LogP contribution in [0.25, 0.3) is 22.2 Å². The van der Waals surface area contributed by atoms with Crippen LogP contribution in [0.3, 0.4) is 0 Å². The van der Waals surface area contributed by atoms with Crippen molar-refractivity contribution in [3.05, 3.63) is 96.2 Å². The van der Waals surface area contributed by atoms with Crippen LogP contribution in [-0.4, -0.2) is 4.98 Å². The fourth-order valence-electron chi connectivity index (χ4n) is 4.92. The highest BCUT2D eigenvalue weighted by atomic mass is 16.5. The first-order valence-corrected chi connectivity index (χ1v) is 12.2. The number of fused-ring (bicyclic) bond motifs is 4. The summed E-state index contributed by atoms with van der Waals surface area (Å²) in [6, 6.07) is 27.1. The van der Waals surface area contributed by atoms with E-state index in [1.807, 2.05) is 36.4 Å². The topological polar surface area (TPSA) is 38.5 Å². The number of anilines is 3. The molecule has 3 heterocycles. The van der Waals surface area contributed by atoms with Crippen LogP contribution in [0.2, 0.25) is 0 Å². The molecule has 1 aliphatic heterocycles. The molecule has 4 nitrogen and oxygen atoms in total. The molecule has 3 aromatic carbocycles. The maximum Gasteiger partial charge on any atom is 0.249 e. The highest BCUT2D eigenvalue weighted by Crippen LogP contribution is 2.56. The van der Waals surface area contributed by atoms with Crippen LogP contribution in [0.15, 0.2) is 89.5 Å². The van der Waals surface area contributed by atoms with Gasteiger partial charge in [0, 0.05) is 5.56 Å². The Morgan fingerprint density at radius 3 is 2.17 bits per heavy atom. The van der Waals surface area contributed by atoms with Gasteiger partial charge in [-0.25, -0.2) is 0 Å². The molecule has 0 saturated heterocycles. The molecule has 0 bridgehead atoms. The lowest BCUT2D eigenvalue weighted by Crippen LogP contribution is -2.18. The highest BCUT2D eigenvalue weighted by molar-refractivity contribution is 5.98. The first-order valence-electron chi connectivity index (χ1n) is 12.2. The van der Waals surface area contributed by atoms with Crippen LogP contribution >= 0.6 is 0 Å². The molecule has 4 heteroatoms. The minimum Gasteiger partial charge on any atom is -0.449 e. The van der Waals surface area contributed by atoms with Crippen LogP contribution in [0.4, 0.5) is 17.3 Å². The van der Waals surface area contributed by atoms with E-state index in [0.29, 0.717) is 23.3 Å². The Hall–Kier alpha value is -4.05. The maximum absolute atomic E-state index is 6.51. The monoisotopic (exact) mass is 460 g/mol. The zero-order chi connectivity index (χ0) is 24.1. The Morgan fingerprint density at radius 2 is 1.46 bits per heavy atom. The number of rotatable bonds is 4. The van der Waals surface area contributed by atoms with Crippen molar-refractivity contribution in [3.8, 4) is 22.8 Å². The third-order valence-electron chi connectivity index (χ3n) is 6.67. The van der Waals surface area contributed by atoms with E-state index in [0.717, 1.165) is 33.8 Å². The molecule has 5 aromatic rings. The third kappa shape index (κ3) is 3.48. The molecule has 0 aliphatic carbocycles. The Labute approximate surface area is 205 Å². The normalized spacial score (nSPS) is 12.7. The van der Waals surface area contributed by atoms with Gasteiger partial charge in [0.25, 0.3) is 0 Å². The van der Waals surface area contributed by atoms with E-state index in [2.05, 4.69) is 75.1 Å². The Kier molecular flexibility index (Phi) is 5.10. The zero-order valence-corrected chi connectivity index (χ0v) is 20.4. The number of para-hydroxylation sites is 3. The average molecular weight is 461 g/mol. The average Bonchev–Trinajstić information content (AvgIpc) is 3.24. The number of furan rings is 1. The summed E-state index contributed by atoms with van der Waals surface area (Å²) < 4.78 is 13.0. The smallest absolute Gasteiger partial charge is 0.249 e. The van der Waals surface area contributed by atoms with Gasteiger partial charge in [0.2, 0.25) is 5.88 Å². The Morgan fingerprint density at radius 1 is 0.771 bits per heavy atom. The molecule has 2 aromatic heterocycles. The number of nitrogens with zero attached hydrogens (tertiary/aromatic N) is 2. The number of benzene rings is 3. The maximum atomic E-state index is 6.51. The number of aromatic nitrogens is 1. The van der Waals surface area contributed by atoms with E-state index in [1.165, 1.54) is 16.8 Å². The molecule has 174 valence electrons. The molecule has 0 fully saturated rings. The van der Waals surface area contributed by atoms with Crippen LogP contribution in [-0.2, 0) is 0 Å². The van der Waals surface area contributed by atoms with E-state index >= 15 is 0 Å². The van der Waals surface area contributed by atoms with Crippen molar-refractivity contribution >= 4 is 28.2 Å². The lowest BCUT2D eigenvalue weighted by molar-refractivity contribution is 0.463. The lowest BCUT2D eigenvalue weighted by atomic mass is 9.91. The fourth-order valence-corrected chi connectivity index (χ4v) is 4.92. The number of hydrogen-bond donors (Lipinski definition) is 0. The largest absolute Gasteiger partial charge is 0.449 e. The van der Waals surface area contributed by atoms with Gasteiger partial charge in [-0.2, -0.15) is 0 Å². The van der Waals surface area contributed by atoms with Gasteiger partial charge in [-0.3, -0.25) is 9.88 Å². The van der Waals surface area contributed by atoms with Gasteiger partial charge >= 0.3 is 0 Å². The van der Waals surface area contributed by atoms with Gasteiger partial charge in [-0.05, 0) is 41.2 Å². The minimum atomic E-state index is 0.345. The summed E-state index contributed by atoms with van der Waals surface area (Å²) in [6.07, 6.45) is 1.81. The standard InChI is InChI=1S/C31H28N2O2/c1-19(2)22-13-10-14-23(20(3)4)29(22)33-26-15-8-9-16-27(26)34-30-24-17-25(21-11-6-5-7-12-21)32-18-28(24)35-31(30)33/h5-20H,1-4H3. The van der Waals surface area contributed by atoms with Gasteiger partial charge < -0.3 is 9.15 Å². The number of pyridine rings is 1. The molecule has 0 N–H and O–H groups in total. The molecule has 1 aliphatic rings. The summed E-state index contributed by atoms with van der Waals surface area (Å²) in [6.45, 7) is 8.96. The van der Waals surface area contributed by atoms with Crippen LogP contribution in [0.1, 0.15) is 50.7 Å². The first kappa shape index (κ1) is 21.5. The van der Waals surface area contributed by atoms with Gasteiger partial charge in [-0.1, -0.05) is 88.4 Å². The Bertz CT molecular complexity index is 1510. The van der Waals surface area contributed by atoms with Gasteiger partial charge in [0.05, 0.1) is 28.7 Å². The molecule has 35 heavy (non-hydrogen) atoms. The van der Waals surface area contributed by atoms with Crippen LogP contribution in [0.5, 0.6) is 11.5 Å². The summed E-state index contributed by atoms with van der Waals surface area (Å²) in [5.41, 5.74) is 7.37. The van der Waals surface area contributed by atoms with Crippen molar-refractivity contribution < 1.29 is 9.15 Å². The molecule has 0 atom stereocenters. The number of ether oxygens (including phenoxy) is 1. The first-order chi connectivity index (χ1) is 17.0. The van der Waals surface area contributed by atoms with E-state index < -0.39 is 0 Å². The van der Waals surface area contributed by atoms with Crippen molar-refractivity contribution in [2.45, 2.75) is 39.5 Å². The summed E-state index contributed by atoms with van der Waals surface area (Å²) in [5.74, 6) is 2.93. The molecule has 0 radical (unpaired) electrons. The molecule has 6 rings (SSSR count). The second-order valence-corrected chi connectivity index (χ2v) is 9.67. The van der Waals surface area contributed by atoms with Crippen molar-refractivity contribution in [2.75, 3.05) is 4.90 Å². The predicted molar refractivity (Wildman–Crippen MR) is 142 cm³/mol. The lowest BCUT2D eigenvalue weighted by Gasteiger charge is -2.33. The highest BCUT2D eigenvalue weighted by Gasteiger charge is 2.34. The zero-order valence-electron chi connectivity index (χ0n) is 20.4. The summed E-state index contributed by atoms with van der Waals surface area (Å²) >= 11 is 0. The molecular weight excluding hydrogens is 432 g/mol. The second-order valence-electron chi connectivity index (χ2n) is 9.67. The van der Waals surface area contributed by atoms with E-state index in [-0.39, 0.29) is 0 Å². The summed E-state index contributed by atoms with van der Waals surface area (Å²) in [7, 11) is 0. The molecule has 0 spiro atoms. The number of hydrogen-bond acceptors (Lipinski definition) is 4. The third-order valence-corrected chi connectivity index (χ3v) is 6.67. The van der Waals surface area contributed by atoms with E-state index in [9.17, 15) is 0 Å². The summed E-state index contributed by atoms with van der Waals surface area (Å²) in [5, 5.41) is 0.918. The van der Waals surface area contributed by atoms with Crippen molar-refractivity contribution in [3.63, 3.8) is 0 Å². The summed E-state index contributed by atoms with van der Waals surface area (Å²) in [4.78, 5) is 6.94. The van der Waals surface area contributed by atoms with Crippen LogP contribution in [0, 0.1) is 0 Å². The van der Waals surface area contributed by atoms with Crippen molar-refractivity contribution in [1.29, 1.82) is 0 Å². The van der Waals surface area contributed by atoms with Gasteiger partial charge in [0.15, 0.2) is 17.1 Å². The van der Waals surface area contributed by atoms with E-state index in [4.69, 9.17) is 14.1 Å². The molecule has 0 unspecified atom stereocenters. The second kappa shape index (κ2) is 8.31. The molecule has 0 amide bonds. The SMILES string of the molecule is CC(C)c1cccc(C(C)C)c1N1c2ccccc2Oc2c1oc1cnc(-c3ccccc3)cc21. The van der Waals surface area contributed by atoms with E-state index in [1.54, 1.807) is 6.20 Å². The minimum absolute atomic E-state index is 0.345. The molecular formula is C31H28N2O2. The fraction of sp³-hybridized carbons (Fsp3) is 0.194.